The van der Waals surface area contributed by atoms with Crippen LogP contribution in [0.25, 0.3) is 0 Å². The van der Waals surface area contributed by atoms with Crippen molar-refractivity contribution in [2.75, 3.05) is 7.11 Å². The first-order valence-electron chi connectivity index (χ1n) is 7.79. The van der Waals surface area contributed by atoms with Gasteiger partial charge in [-0.1, -0.05) is 32.1 Å². The molecule has 3 rings (SSSR count). The van der Waals surface area contributed by atoms with E-state index in [0.29, 0.717) is 6.42 Å². The zero-order chi connectivity index (χ0) is 13.9. The maximum atomic E-state index is 10.3. The number of aliphatic hydroxyl groups excluding tert-OH is 1. The summed E-state index contributed by atoms with van der Waals surface area (Å²) in [6, 6.07) is 5.70. The van der Waals surface area contributed by atoms with Crippen molar-refractivity contribution < 1.29 is 14.6 Å². The van der Waals surface area contributed by atoms with E-state index in [1.54, 1.807) is 7.11 Å². The van der Waals surface area contributed by atoms with Gasteiger partial charge in [0.25, 0.3) is 0 Å². The number of fused-ring (bicyclic) bond motifs is 1. The standard InChI is InChI=1S/C17H24O3/c1-19-13-7-8-17-15(10-13)16(18)11-14(20-17)9-12-5-3-2-4-6-12/h7-8,10,12,14,16,18H,2-6,9,11H2,1H3/t14?,16-/m0/s1. The van der Waals surface area contributed by atoms with Gasteiger partial charge in [0.05, 0.1) is 13.2 Å². The first-order chi connectivity index (χ1) is 9.76. The number of methoxy groups -OCH3 is 1. The summed E-state index contributed by atoms with van der Waals surface area (Å²) < 4.78 is 11.3. The Morgan fingerprint density at radius 1 is 1.25 bits per heavy atom. The largest absolute Gasteiger partial charge is 0.497 e. The summed E-state index contributed by atoms with van der Waals surface area (Å²) in [6.45, 7) is 0. The topological polar surface area (TPSA) is 38.7 Å². The molecule has 1 aliphatic heterocycles. The van der Waals surface area contributed by atoms with E-state index >= 15 is 0 Å². The van der Waals surface area contributed by atoms with E-state index in [4.69, 9.17) is 9.47 Å². The van der Waals surface area contributed by atoms with Crippen LogP contribution in [-0.4, -0.2) is 18.3 Å². The molecule has 3 nitrogen and oxygen atoms in total. The summed E-state index contributed by atoms with van der Waals surface area (Å²) in [4.78, 5) is 0. The molecule has 2 atom stereocenters. The predicted molar refractivity (Wildman–Crippen MR) is 78.2 cm³/mol. The van der Waals surface area contributed by atoms with Crippen LogP contribution in [0, 0.1) is 5.92 Å². The van der Waals surface area contributed by atoms with Gasteiger partial charge in [-0.3, -0.25) is 0 Å². The molecule has 1 fully saturated rings. The lowest BCUT2D eigenvalue weighted by molar-refractivity contribution is 0.0492. The summed E-state index contributed by atoms with van der Waals surface area (Å²) in [5, 5.41) is 10.3. The average Bonchev–Trinajstić information content (AvgIpc) is 2.48. The molecule has 1 aromatic carbocycles. The van der Waals surface area contributed by atoms with Crippen molar-refractivity contribution in [3.8, 4) is 11.5 Å². The summed E-state index contributed by atoms with van der Waals surface area (Å²) in [6.07, 6.45) is 8.27. The van der Waals surface area contributed by atoms with Gasteiger partial charge >= 0.3 is 0 Å². The van der Waals surface area contributed by atoms with Gasteiger partial charge in [-0.25, -0.2) is 0 Å². The third kappa shape index (κ3) is 2.93. The van der Waals surface area contributed by atoms with Crippen LogP contribution in [0.5, 0.6) is 11.5 Å². The highest BCUT2D eigenvalue weighted by Crippen LogP contribution is 2.39. The highest BCUT2D eigenvalue weighted by molar-refractivity contribution is 5.43. The fourth-order valence-electron chi connectivity index (χ4n) is 3.56. The zero-order valence-electron chi connectivity index (χ0n) is 12.2. The molecule has 1 saturated carbocycles. The molecule has 1 unspecified atom stereocenters. The van der Waals surface area contributed by atoms with Crippen LogP contribution in [0.15, 0.2) is 18.2 Å². The SMILES string of the molecule is COc1ccc2c(c1)[C@@H](O)CC(CC1CCCCC1)O2. The molecule has 0 bridgehead atoms. The van der Waals surface area contributed by atoms with Crippen LogP contribution in [0.4, 0.5) is 0 Å². The average molecular weight is 276 g/mol. The third-order valence-electron chi connectivity index (χ3n) is 4.68. The molecule has 1 heterocycles. The van der Waals surface area contributed by atoms with E-state index in [2.05, 4.69) is 0 Å². The van der Waals surface area contributed by atoms with Crippen LogP contribution in [0.3, 0.4) is 0 Å². The summed E-state index contributed by atoms with van der Waals surface area (Å²) in [7, 11) is 1.64. The van der Waals surface area contributed by atoms with E-state index in [1.807, 2.05) is 18.2 Å². The van der Waals surface area contributed by atoms with Crippen molar-refractivity contribution in [1.82, 2.24) is 0 Å². The second-order valence-corrected chi connectivity index (χ2v) is 6.13. The molecule has 1 aliphatic carbocycles. The fourth-order valence-corrected chi connectivity index (χ4v) is 3.56. The monoisotopic (exact) mass is 276 g/mol. The second-order valence-electron chi connectivity index (χ2n) is 6.13. The Morgan fingerprint density at radius 2 is 2.05 bits per heavy atom. The highest BCUT2D eigenvalue weighted by atomic mass is 16.5. The molecule has 2 aliphatic rings. The summed E-state index contributed by atoms with van der Waals surface area (Å²) in [5.74, 6) is 2.38. The lowest BCUT2D eigenvalue weighted by Crippen LogP contribution is -2.28. The van der Waals surface area contributed by atoms with E-state index < -0.39 is 6.10 Å². The van der Waals surface area contributed by atoms with Gasteiger partial charge in [0.1, 0.15) is 17.6 Å². The van der Waals surface area contributed by atoms with E-state index in [0.717, 1.165) is 29.4 Å². The predicted octanol–water partition coefficient (Wildman–Crippen LogP) is 3.85. The smallest absolute Gasteiger partial charge is 0.125 e. The Morgan fingerprint density at radius 3 is 2.80 bits per heavy atom. The van der Waals surface area contributed by atoms with Crippen LogP contribution >= 0.6 is 0 Å². The summed E-state index contributed by atoms with van der Waals surface area (Å²) in [5.41, 5.74) is 0.865. The lowest BCUT2D eigenvalue weighted by atomic mass is 9.83. The van der Waals surface area contributed by atoms with E-state index in [1.165, 1.54) is 32.1 Å². The van der Waals surface area contributed by atoms with Gasteiger partial charge in [-0.2, -0.15) is 0 Å². The molecule has 0 spiro atoms. The van der Waals surface area contributed by atoms with Crippen molar-refractivity contribution in [2.45, 2.75) is 57.2 Å². The second kappa shape index (κ2) is 6.04. The van der Waals surface area contributed by atoms with E-state index in [9.17, 15) is 5.11 Å². The maximum Gasteiger partial charge on any atom is 0.125 e. The normalized spacial score (nSPS) is 26.7. The van der Waals surface area contributed by atoms with Gasteiger partial charge in [0.15, 0.2) is 0 Å². The number of benzene rings is 1. The molecule has 1 aromatic rings. The first-order valence-corrected chi connectivity index (χ1v) is 7.79. The number of hydrogen-bond acceptors (Lipinski definition) is 3. The Balaban J connectivity index is 1.68. The minimum absolute atomic E-state index is 0.161. The van der Waals surface area contributed by atoms with Crippen LogP contribution < -0.4 is 9.47 Å². The molecule has 0 radical (unpaired) electrons. The highest BCUT2D eigenvalue weighted by Gasteiger charge is 2.29. The number of aliphatic hydroxyl groups is 1. The maximum absolute atomic E-state index is 10.3. The van der Waals surface area contributed by atoms with Crippen LogP contribution in [-0.2, 0) is 0 Å². The lowest BCUT2D eigenvalue weighted by Gasteiger charge is -2.33. The van der Waals surface area contributed by atoms with Gasteiger partial charge < -0.3 is 14.6 Å². The molecule has 0 amide bonds. The van der Waals surface area contributed by atoms with Crippen molar-refractivity contribution in [3.05, 3.63) is 23.8 Å². The molecule has 3 heteroatoms. The van der Waals surface area contributed by atoms with Crippen molar-refractivity contribution in [1.29, 1.82) is 0 Å². The molecule has 1 N–H and O–H groups in total. The van der Waals surface area contributed by atoms with Crippen LogP contribution in [0.2, 0.25) is 0 Å². The number of hydrogen-bond donors (Lipinski definition) is 1. The quantitative estimate of drug-likeness (QED) is 0.911. The van der Waals surface area contributed by atoms with Crippen molar-refractivity contribution >= 4 is 0 Å². The minimum atomic E-state index is -0.428. The fraction of sp³-hybridized carbons (Fsp3) is 0.647. The number of rotatable bonds is 3. The van der Waals surface area contributed by atoms with Gasteiger partial charge in [0.2, 0.25) is 0 Å². The van der Waals surface area contributed by atoms with Gasteiger partial charge in [-0.15, -0.1) is 0 Å². The summed E-state index contributed by atoms with van der Waals surface area (Å²) >= 11 is 0. The minimum Gasteiger partial charge on any atom is -0.497 e. The third-order valence-corrected chi connectivity index (χ3v) is 4.68. The van der Waals surface area contributed by atoms with Gasteiger partial charge in [0, 0.05) is 12.0 Å². The van der Waals surface area contributed by atoms with E-state index in [-0.39, 0.29) is 6.10 Å². The van der Waals surface area contributed by atoms with Crippen molar-refractivity contribution in [3.63, 3.8) is 0 Å². The Hall–Kier alpha value is -1.22. The number of ether oxygens (including phenoxy) is 2. The Labute approximate surface area is 120 Å². The van der Waals surface area contributed by atoms with Crippen LogP contribution in [0.1, 0.15) is 56.6 Å². The molecule has 110 valence electrons. The van der Waals surface area contributed by atoms with Crippen molar-refractivity contribution in [2.24, 2.45) is 5.92 Å². The Bertz CT molecular complexity index is 452. The molecule has 20 heavy (non-hydrogen) atoms. The Kier molecular flexibility index (Phi) is 4.16. The van der Waals surface area contributed by atoms with Gasteiger partial charge in [-0.05, 0) is 30.5 Å². The molecule has 0 saturated heterocycles. The first kappa shape index (κ1) is 13.7. The zero-order valence-corrected chi connectivity index (χ0v) is 12.2. The molecular weight excluding hydrogens is 252 g/mol. The molecular formula is C17H24O3. The molecule has 0 aromatic heterocycles.